The number of hydrogen-bond donors (Lipinski definition) is 0. The molecule has 23 heavy (non-hydrogen) atoms. The Morgan fingerprint density at radius 1 is 1.26 bits per heavy atom. The highest BCUT2D eigenvalue weighted by molar-refractivity contribution is 7.89. The van der Waals surface area contributed by atoms with Crippen molar-refractivity contribution in [3.8, 4) is 0 Å². The summed E-state index contributed by atoms with van der Waals surface area (Å²) in [7, 11) is -3.99. The second kappa shape index (κ2) is 6.00. The van der Waals surface area contributed by atoms with Crippen LogP contribution in [-0.2, 0) is 14.8 Å². The molecule has 1 aromatic carbocycles. The maximum absolute atomic E-state index is 12.9. The van der Waals surface area contributed by atoms with Crippen LogP contribution < -0.4 is 0 Å². The fourth-order valence-corrected chi connectivity index (χ4v) is 4.22. The Morgan fingerprint density at radius 2 is 1.83 bits per heavy atom. The zero-order valence-corrected chi connectivity index (χ0v) is 14.8. The number of carbonyl (C=O) groups is 1. The summed E-state index contributed by atoms with van der Waals surface area (Å²) in [6, 6.07) is 5.76. The molecule has 1 fully saturated rings. The van der Waals surface area contributed by atoms with Crippen molar-refractivity contribution in [3.63, 3.8) is 0 Å². The van der Waals surface area contributed by atoms with E-state index in [2.05, 4.69) is 6.58 Å². The molecule has 0 saturated carbocycles. The first-order valence-electron chi connectivity index (χ1n) is 7.49. The van der Waals surface area contributed by atoms with Crippen LogP contribution in [0.4, 0.5) is 4.79 Å². The fourth-order valence-electron chi connectivity index (χ4n) is 2.71. The quantitative estimate of drug-likeness (QED) is 0.794. The highest BCUT2D eigenvalue weighted by atomic mass is 32.2. The van der Waals surface area contributed by atoms with Crippen LogP contribution >= 0.6 is 0 Å². The molecule has 1 amide bonds. The molecule has 0 N–H and O–H groups in total. The smallest absolute Gasteiger partial charge is 0.424 e. The molecule has 1 heterocycles. The van der Waals surface area contributed by atoms with Gasteiger partial charge in [0, 0.05) is 5.92 Å². The third-order valence-corrected chi connectivity index (χ3v) is 5.96. The molecule has 0 bridgehead atoms. The lowest BCUT2D eigenvalue weighted by atomic mass is 9.76. The molecule has 1 aliphatic rings. The topological polar surface area (TPSA) is 63.7 Å². The average Bonchev–Trinajstić information content (AvgIpc) is 2.45. The summed E-state index contributed by atoms with van der Waals surface area (Å²) in [5.41, 5.74) is 0.707. The maximum atomic E-state index is 12.9. The summed E-state index contributed by atoms with van der Waals surface area (Å²) in [5.74, 6) is -0.169. The van der Waals surface area contributed by atoms with E-state index in [0.717, 1.165) is 9.87 Å². The number of benzene rings is 1. The van der Waals surface area contributed by atoms with Crippen molar-refractivity contribution in [2.45, 2.75) is 38.6 Å². The van der Waals surface area contributed by atoms with Gasteiger partial charge in [-0.1, -0.05) is 44.5 Å². The summed E-state index contributed by atoms with van der Waals surface area (Å²) in [6.45, 7) is 11.8. The molecule has 2 atom stereocenters. The van der Waals surface area contributed by atoms with Crippen LogP contribution in [0.15, 0.2) is 41.8 Å². The molecule has 126 valence electrons. The van der Waals surface area contributed by atoms with Crippen molar-refractivity contribution in [1.82, 2.24) is 4.31 Å². The van der Waals surface area contributed by atoms with E-state index in [0.29, 0.717) is 0 Å². The van der Waals surface area contributed by atoms with Crippen LogP contribution in [0, 0.1) is 18.3 Å². The summed E-state index contributed by atoms with van der Waals surface area (Å²) in [4.78, 5) is 12.3. The molecular formula is C17H23NO4S. The van der Waals surface area contributed by atoms with Crippen molar-refractivity contribution in [2.75, 3.05) is 6.61 Å². The first-order valence-corrected chi connectivity index (χ1v) is 8.93. The standard InChI is InChI=1S/C17H23NO4S/c1-6-15-14(17(3,4)5)11-22-16(19)18(15)23(20,21)13-9-7-12(2)8-10-13/h6-10,14-15H,1,11H2,2-5H3/t14-,15+/m0/s1. The molecule has 1 saturated heterocycles. The molecule has 1 aliphatic heterocycles. The molecule has 0 spiro atoms. The van der Waals surface area contributed by atoms with E-state index >= 15 is 0 Å². The SMILES string of the molecule is C=C[C@@H]1[C@@H](C(C)(C)C)COC(=O)N1S(=O)(=O)c1ccc(C)cc1. The molecule has 5 nitrogen and oxygen atoms in total. The lowest BCUT2D eigenvalue weighted by Crippen LogP contribution is -2.55. The highest BCUT2D eigenvalue weighted by Crippen LogP contribution is 2.37. The van der Waals surface area contributed by atoms with Gasteiger partial charge in [0.2, 0.25) is 0 Å². The van der Waals surface area contributed by atoms with Gasteiger partial charge in [0.25, 0.3) is 10.0 Å². The van der Waals surface area contributed by atoms with Gasteiger partial charge in [-0.05, 0) is 24.5 Å². The van der Waals surface area contributed by atoms with Crippen LogP contribution in [0.2, 0.25) is 0 Å². The van der Waals surface area contributed by atoms with Crippen LogP contribution in [-0.4, -0.2) is 31.5 Å². The number of sulfonamides is 1. The molecule has 1 aromatic rings. The number of ether oxygens (including phenoxy) is 1. The Labute approximate surface area is 138 Å². The third kappa shape index (κ3) is 3.27. The van der Waals surface area contributed by atoms with Crippen LogP contribution in [0.25, 0.3) is 0 Å². The highest BCUT2D eigenvalue weighted by Gasteiger charge is 2.47. The summed E-state index contributed by atoms with van der Waals surface area (Å²) >= 11 is 0. The van der Waals surface area contributed by atoms with E-state index < -0.39 is 22.2 Å². The van der Waals surface area contributed by atoms with Crippen molar-refractivity contribution < 1.29 is 17.9 Å². The van der Waals surface area contributed by atoms with Crippen LogP contribution in [0.1, 0.15) is 26.3 Å². The first kappa shape index (κ1) is 17.5. The Bertz CT molecular complexity index is 701. The van der Waals surface area contributed by atoms with E-state index in [1.807, 2.05) is 27.7 Å². The molecule has 2 rings (SSSR count). The van der Waals surface area contributed by atoms with Crippen molar-refractivity contribution in [2.24, 2.45) is 11.3 Å². The van der Waals surface area contributed by atoms with Crippen molar-refractivity contribution in [1.29, 1.82) is 0 Å². The van der Waals surface area contributed by atoms with Crippen LogP contribution in [0.5, 0.6) is 0 Å². The number of hydrogen-bond acceptors (Lipinski definition) is 4. The lowest BCUT2D eigenvalue weighted by molar-refractivity contribution is 0.0134. The van der Waals surface area contributed by atoms with E-state index in [-0.39, 0.29) is 22.8 Å². The van der Waals surface area contributed by atoms with Gasteiger partial charge >= 0.3 is 6.09 Å². The third-order valence-electron chi connectivity index (χ3n) is 4.18. The summed E-state index contributed by atoms with van der Waals surface area (Å²) < 4.78 is 31.8. The molecule has 6 heteroatoms. The summed E-state index contributed by atoms with van der Waals surface area (Å²) in [6.07, 6.45) is 0.665. The summed E-state index contributed by atoms with van der Waals surface area (Å²) in [5, 5.41) is 0. The minimum atomic E-state index is -3.99. The second-order valence-corrected chi connectivity index (χ2v) is 8.70. The van der Waals surface area contributed by atoms with E-state index in [1.165, 1.54) is 18.2 Å². The Hall–Kier alpha value is -1.82. The number of amides is 1. The Balaban J connectivity index is 2.50. The maximum Gasteiger partial charge on any atom is 0.424 e. The second-order valence-electron chi connectivity index (χ2n) is 6.89. The van der Waals surface area contributed by atoms with Gasteiger partial charge in [-0.25, -0.2) is 13.2 Å². The van der Waals surface area contributed by atoms with E-state index in [9.17, 15) is 13.2 Å². The molecule has 0 unspecified atom stereocenters. The zero-order chi connectivity index (χ0) is 17.4. The molecule has 0 aliphatic carbocycles. The van der Waals surface area contributed by atoms with Gasteiger partial charge in [-0.15, -0.1) is 6.58 Å². The molecule has 0 aromatic heterocycles. The van der Waals surface area contributed by atoms with E-state index in [4.69, 9.17) is 4.74 Å². The minimum absolute atomic E-state index is 0.0708. The number of cyclic esters (lactones) is 1. The van der Waals surface area contributed by atoms with Gasteiger partial charge in [-0.2, -0.15) is 4.31 Å². The first-order chi connectivity index (χ1) is 10.6. The largest absolute Gasteiger partial charge is 0.448 e. The zero-order valence-electron chi connectivity index (χ0n) is 13.9. The minimum Gasteiger partial charge on any atom is -0.448 e. The van der Waals surface area contributed by atoms with Crippen LogP contribution in [0.3, 0.4) is 0 Å². The van der Waals surface area contributed by atoms with Crippen molar-refractivity contribution in [3.05, 3.63) is 42.5 Å². The number of carbonyl (C=O) groups excluding carboxylic acids is 1. The van der Waals surface area contributed by atoms with Gasteiger partial charge in [0.1, 0.15) is 0 Å². The van der Waals surface area contributed by atoms with Gasteiger partial charge in [0.05, 0.1) is 17.5 Å². The normalized spacial score (nSPS) is 22.6. The number of nitrogens with zero attached hydrogens (tertiary/aromatic N) is 1. The Morgan fingerprint density at radius 3 is 2.30 bits per heavy atom. The van der Waals surface area contributed by atoms with Gasteiger partial charge < -0.3 is 4.74 Å². The fraction of sp³-hybridized carbons (Fsp3) is 0.471. The number of aryl methyl sites for hydroxylation is 1. The molecular weight excluding hydrogens is 314 g/mol. The predicted octanol–water partition coefficient (Wildman–Crippen LogP) is 3.35. The predicted molar refractivity (Wildman–Crippen MR) is 88.5 cm³/mol. The monoisotopic (exact) mass is 337 g/mol. The average molecular weight is 337 g/mol. The lowest BCUT2D eigenvalue weighted by Gasteiger charge is -2.43. The van der Waals surface area contributed by atoms with Crippen molar-refractivity contribution >= 4 is 16.1 Å². The number of rotatable bonds is 3. The van der Waals surface area contributed by atoms with Gasteiger partial charge in [0.15, 0.2) is 0 Å². The molecule has 0 radical (unpaired) electrons. The van der Waals surface area contributed by atoms with Gasteiger partial charge in [-0.3, -0.25) is 0 Å². The van der Waals surface area contributed by atoms with E-state index in [1.54, 1.807) is 12.1 Å². The Kier molecular flexibility index (Phi) is 4.57.